The molecule has 0 unspecified atom stereocenters. The van der Waals surface area contributed by atoms with E-state index in [1.807, 2.05) is 0 Å². The van der Waals surface area contributed by atoms with Crippen LogP contribution < -0.4 is 5.73 Å². The number of hydrogen-bond donors (Lipinski definition) is 3. The van der Waals surface area contributed by atoms with E-state index in [1.54, 1.807) is 0 Å². The molecule has 0 radical (unpaired) electrons. The smallest absolute Gasteiger partial charge is 0.331 e. The number of imidazole rings is 1. The van der Waals surface area contributed by atoms with Crippen molar-refractivity contribution in [2.45, 2.75) is 12.0 Å². The van der Waals surface area contributed by atoms with Gasteiger partial charge in [-0.05, 0) is 0 Å². The standard InChI is InChI=1S/C7H9N3O3/c8-7(3-11,6(12)13)1-5-2-9-4-10-5/h2-4H,1,8H2,(H,9,10)(H,12,13)/t7-/m1/s1. The van der Waals surface area contributed by atoms with Crippen molar-refractivity contribution in [3.63, 3.8) is 0 Å². The van der Waals surface area contributed by atoms with Gasteiger partial charge in [0.1, 0.15) is 0 Å². The molecule has 1 heterocycles. The van der Waals surface area contributed by atoms with Crippen LogP contribution in [0.2, 0.25) is 0 Å². The number of aromatic nitrogens is 2. The van der Waals surface area contributed by atoms with E-state index in [1.165, 1.54) is 12.5 Å². The van der Waals surface area contributed by atoms with E-state index in [-0.39, 0.29) is 12.7 Å². The van der Waals surface area contributed by atoms with Crippen molar-refractivity contribution in [2.24, 2.45) is 5.73 Å². The van der Waals surface area contributed by atoms with Crippen LogP contribution in [0.4, 0.5) is 0 Å². The Kier molecular flexibility index (Phi) is 2.43. The SMILES string of the molecule is N[C@@](C=O)(Cc1cnc[nH]1)C(=O)O. The zero-order valence-electron chi connectivity index (χ0n) is 6.73. The number of nitrogens with one attached hydrogen (secondary N) is 1. The molecule has 70 valence electrons. The van der Waals surface area contributed by atoms with Crippen LogP contribution in [-0.4, -0.2) is 32.9 Å². The number of aromatic amines is 1. The van der Waals surface area contributed by atoms with Gasteiger partial charge >= 0.3 is 5.97 Å². The molecule has 6 nitrogen and oxygen atoms in total. The molecule has 0 spiro atoms. The van der Waals surface area contributed by atoms with E-state index in [0.29, 0.717) is 5.69 Å². The maximum Gasteiger partial charge on any atom is 0.331 e. The lowest BCUT2D eigenvalue weighted by Gasteiger charge is -2.15. The number of carbonyl (C=O) groups excluding carboxylic acids is 1. The Bertz CT molecular complexity index is 309. The number of hydrogen-bond acceptors (Lipinski definition) is 4. The largest absolute Gasteiger partial charge is 0.480 e. The lowest BCUT2D eigenvalue weighted by atomic mass is 9.97. The summed E-state index contributed by atoms with van der Waals surface area (Å²) in [6.45, 7) is 0. The first-order valence-corrected chi connectivity index (χ1v) is 3.54. The van der Waals surface area contributed by atoms with Crippen molar-refractivity contribution in [1.29, 1.82) is 0 Å². The van der Waals surface area contributed by atoms with Gasteiger partial charge < -0.3 is 20.6 Å². The number of aldehydes is 1. The molecule has 0 aliphatic carbocycles. The minimum atomic E-state index is -1.87. The molecule has 1 aromatic heterocycles. The topological polar surface area (TPSA) is 109 Å². The molecule has 6 heteroatoms. The third kappa shape index (κ3) is 1.91. The van der Waals surface area contributed by atoms with Gasteiger partial charge in [0.05, 0.1) is 6.33 Å². The predicted octanol–water partition coefficient (Wildman–Crippen LogP) is -1.07. The zero-order chi connectivity index (χ0) is 9.90. The number of carboxylic acid groups (broad SMARTS) is 1. The Hall–Kier alpha value is -1.69. The molecule has 0 aliphatic heterocycles. The lowest BCUT2D eigenvalue weighted by Crippen LogP contribution is -2.51. The van der Waals surface area contributed by atoms with E-state index in [4.69, 9.17) is 10.8 Å². The molecule has 4 N–H and O–H groups in total. The Morgan fingerprint density at radius 1 is 1.85 bits per heavy atom. The number of H-pyrrole nitrogens is 1. The third-order valence-corrected chi connectivity index (χ3v) is 1.65. The van der Waals surface area contributed by atoms with Crippen molar-refractivity contribution in [3.05, 3.63) is 18.2 Å². The Morgan fingerprint density at radius 3 is 2.92 bits per heavy atom. The monoisotopic (exact) mass is 183 g/mol. The second-order valence-corrected chi connectivity index (χ2v) is 2.72. The van der Waals surface area contributed by atoms with Gasteiger partial charge in [-0.1, -0.05) is 0 Å². The first kappa shape index (κ1) is 9.40. The number of rotatable bonds is 4. The van der Waals surface area contributed by atoms with Crippen molar-refractivity contribution in [2.75, 3.05) is 0 Å². The minimum Gasteiger partial charge on any atom is -0.480 e. The van der Waals surface area contributed by atoms with Crippen LogP contribution >= 0.6 is 0 Å². The molecule has 0 amide bonds. The molecular formula is C7H9N3O3. The fourth-order valence-corrected chi connectivity index (χ4v) is 0.864. The number of nitrogens with two attached hydrogens (primary N) is 1. The molecule has 13 heavy (non-hydrogen) atoms. The molecule has 0 aromatic carbocycles. The van der Waals surface area contributed by atoms with Gasteiger partial charge in [0.15, 0.2) is 11.8 Å². The van der Waals surface area contributed by atoms with Crippen molar-refractivity contribution in [1.82, 2.24) is 9.97 Å². The van der Waals surface area contributed by atoms with Crippen LogP contribution in [0.3, 0.4) is 0 Å². The first-order chi connectivity index (χ1) is 6.08. The zero-order valence-corrected chi connectivity index (χ0v) is 6.73. The second kappa shape index (κ2) is 3.36. The van der Waals surface area contributed by atoms with Gasteiger partial charge in [0.2, 0.25) is 0 Å². The quantitative estimate of drug-likeness (QED) is 0.407. The maximum atomic E-state index is 10.6. The summed E-state index contributed by atoms with van der Waals surface area (Å²) >= 11 is 0. The average molecular weight is 183 g/mol. The highest BCUT2D eigenvalue weighted by molar-refractivity contribution is 5.97. The number of carbonyl (C=O) groups is 2. The van der Waals surface area contributed by atoms with Crippen LogP contribution in [0.1, 0.15) is 5.69 Å². The highest BCUT2D eigenvalue weighted by atomic mass is 16.4. The lowest BCUT2D eigenvalue weighted by molar-refractivity contribution is -0.145. The highest BCUT2D eigenvalue weighted by Crippen LogP contribution is 2.06. The summed E-state index contributed by atoms with van der Waals surface area (Å²) in [5.74, 6) is -1.35. The van der Waals surface area contributed by atoms with Crippen molar-refractivity contribution >= 4 is 12.3 Å². The van der Waals surface area contributed by atoms with E-state index in [2.05, 4.69) is 9.97 Å². The molecule has 1 rings (SSSR count). The van der Waals surface area contributed by atoms with E-state index in [9.17, 15) is 9.59 Å². The predicted molar refractivity (Wildman–Crippen MR) is 42.9 cm³/mol. The van der Waals surface area contributed by atoms with Gasteiger partial charge in [-0.25, -0.2) is 9.78 Å². The third-order valence-electron chi connectivity index (χ3n) is 1.65. The molecule has 0 saturated heterocycles. The summed E-state index contributed by atoms with van der Waals surface area (Å²) < 4.78 is 0. The van der Waals surface area contributed by atoms with Crippen LogP contribution in [0.15, 0.2) is 12.5 Å². The van der Waals surface area contributed by atoms with Crippen molar-refractivity contribution in [3.8, 4) is 0 Å². The number of nitrogens with zero attached hydrogens (tertiary/aromatic N) is 1. The summed E-state index contributed by atoms with van der Waals surface area (Å²) in [6.07, 6.45) is 2.94. The van der Waals surface area contributed by atoms with E-state index in [0.717, 1.165) is 0 Å². The normalized spacial score (nSPS) is 14.8. The maximum absolute atomic E-state index is 10.6. The summed E-state index contributed by atoms with van der Waals surface area (Å²) in [7, 11) is 0. The highest BCUT2D eigenvalue weighted by Gasteiger charge is 2.34. The first-order valence-electron chi connectivity index (χ1n) is 3.54. The van der Waals surface area contributed by atoms with Gasteiger partial charge in [0.25, 0.3) is 0 Å². The average Bonchev–Trinajstić information content (AvgIpc) is 2.56. The molecule has 0 aliphatic rings. The van der Waals surface area contributed by atoms with Crippen LogP contribution in [0.25, 0.3) is 0 Å². The van der Waals surface area contributed by atoms with Crippen LogP contribution in [0.5, 0.6) is 0 Å². The molecule has 0 fully saturated rings. The van der Waals surface area contributed by atoms with E-state index < -0.39 is 11.5 Å². The number of carboxylic acids is 1. The molecule has 1 aromatic rings. The molecular weight excluding hydrogens is 174 g/mol. The fraction of sp³-hybridized carbons (Fsp3) is 0.286. The van der Waals surface area contributed by atoms with Gasteiger partial charge in [0, 0.05) is 18.3 Å². The van der Waals surface area contributed by atoms with Crippen molar-refractivity contribution < 1.29 is 14.7 Å². The van der Waals surface area contributed by atoms with Crippen LogP contribution in [-0.2, 0) is 16.0 Å². The van der Waals surface area contributed by atoms with E-state index >= 15 is 0 Å². The Balaban J connectivity index is 2.81. The molecule has 1 atom stereocenters. The Morgan fingerprint density at radius 2 is 2.54 bits per heavy atom. The second-order valence-electron chi connectivity index (χ2n) is 2.72. The molecule has 0 saturated carbocycles. The summed E-state index contributed by atoms with van der Waals surface area (Å²) in [5, 5.41) is 8.64. The minimum absolute atomic E-state index is 0.0914. The number of aliphatic carboxylic acids is 1. The summed E-state index contributed by atoms with van der Waals surface area (Å²) in [5.41, 5.74) is 3.96. The van der Waals surface area contributed by atoms with Gasteiger partial charge in [-0.2, -0.15) is 0 Å². The summed E-state index contributed by atoms with van der Waals surface area (Å²) in [6, 6.07) is 0. The Labute approximate surface area is 73.8 Å². The summed E-state index contributed by atoms with van der Waals surface area (Å²) in [4.78, 5) is 27.4. The van der Waals surface area contributed by atoms with Gasteiger partial charge in [-0.3, -0.25) is 0 Å². The van der Waals surface area contributed by atoms with Gasteiger partial charge in [-0.15, -0.1) is 0 Å². The fourth-order valence-electron chi connectivity index (χ4n) is 0.864. The molecule has 0 bridgehead atoms. The van der Waals surface area contributed by atoms with Crippen LogP contribution in [0, 0.1) is 0 Å².